The lowest BCUT2D eigenvalue weighted by Crippen LogP contribution is -2.40. The molecule has 1 saturated carbocycles. The summed E-state index contributed by atoms with van der Waals surface area (Å²) in [7, 11) is 0. The molecular weight excluding hydrogens is 432 g/mol. The Hall–Kier alpha value is -0.700. The molecule has 1 aliphatic carbocycles. The molecule has 178 valence electrons. The van der Waals surface area contributed by atoms with E-state index in [4.69, 9.17) is 0 Å². The van der Waals surface area contributed by atoms with E-state index in [-0.39, 0.29) is 37.7 Å². The third-order valence-electron chi connectivity index (χ3n) is 5.39. The third kappa shape index (κ3) is 14.1. The molecule has 0 heterocycles. The number of Topliss-reactive ketones (excluding diaryl/α,β-unsaturated/α-hetero) is 2. The van der Waals surface area contributed by atoms with Crippen molar-refractivity contribution in [2.24, 2.45) is 0 Å². The second-order valence-corrected chi connectivity index (χ2v) is 11.1. The van der Waals surface area contributed by atoms with E-state index in [0.29, 0.717) is 19.5 Å². The van der Waals surface area contributed by atoms with Crippen LogP contribution in [-0.2, 0) is 19.2 Å². The Kier molecular flexibility index (Phi) is 16.3. The summed E-state index contributed by atoms with van der Waals surface area (Å²) in [5.74, 6) is 2.44. The minimum absolute atomic E-state index is 0.00880. The Balaban J connectivity index is 2.23. The zero-order chi connectivity index (χ0) is 22.9. The maximum atomic E-state index is 12.4. The van der Waals surface area contributed by atoms with Crippen molar-refractivity contribution < 1.29 is 19.2 Å². The van der Waals surface area contributed by atoms with Gasteiger partial charge in [-0.15, -0.1) is 0 Å². The number of nitrogens with zero attached hydrogens (tertiary/aromatic N) is 2. The van der Waals surface area contributed by atoms with Crippen LogP contribution in [0.25, 0.3) is 0 Å². The standard InChI is InChI=1S/C23H40N2O4S2/c1-3-4-15-30-22-7-8-23(17-22)31-16-5-6-21(29)19-25(12-14-27)10-9-24(11-13-26)18-20(2)28/h13-14,22-23H,3-12,15-19H2,1-2H3. The van der Waals surface area contributed by atoms with Crippen molar-refractivity contribution in [3.05, 3.63) is 0 Å². The number of carbonyl (C=O) groups is 4. The predicted octanol–water partition coefficient (Wildman–Crippen LogP) is 3.11. The summed E-state index contributed by atoms with van der Waals surface area (Å²) < 4.78 is 0. The van der Waals surface area contributed by atoms with E-state index in [9.17, 15) is 19.2 Å². The van der Waals surface area contributed by atoms with Gasteiger partial charge in [0.15, 0.2) is 0 Å². The van der Waals surface area contributed by atoms with E-state index >= 15 is 0 Å². The zero-order valence-corrected chi connectivity index (χ0v) is 20.9. The molecule has 0 saturated heterocycles. The van der Waals surface area contributed by atoms with Crippen LogP contribution in [0.3, 0.4) is 0 Å². The van der Waals surface area contributed by atoms with Crippen molar-refractivity contribution in [3.63, 3.8) is 0 Å². The van der Waals surface area contributed by atoms with E-state index in [1.165, 1.54) is 44.8 Å². The molecule has 2 unspecified atom stereocenters. The fourth-order valence-corrected chi connectivity index (χ4v) is 6.62. The van der Waals surface area contributed by atoms with Gasteiger partial charge in [-0.1, -0.05) is 13.3 Å². The molecule has 2 atom stereocenters. The monoisotopic (exact) mass is 472 g/mol. The van der Waals surface area contributed by atoms with Gasteiger partial charge in [0.1, 0.15) is 24.1 Å². The summed E-state index contributed by atoms with van der Waals surface area (Å²) in [6, 6.07) is 0. The Morgan fingerprint density at radius 3 is 1.97 bits per heavy atom. The Morgan fingerprint density at radius 2 is 1.45 bits per heavy atom. The van der Waals surface area contributed by atoms with Gasteiger partial charge in [-0.3, -0.25) is 19.4 Å². The lowest BCUT2D eigenvalue weighted by molar-refractivity contribution is -0.122. The highest BCUT2D eigenvalue weighted by atomic mass is 32.2. The molecule has 1 fully saturated rings. The number of unbranched alkanes of at least 4 members (excludes halogenated alkanes) is 1. The topological polar surface area (TPSA) is 74.8 Å². The number of hydrogen-bond acceptors (Lipinski definition) is 8. The van der Waals surface area contributed by atoms with Crippen molar-refractivity contribution in [1.29, 1.82) is 0 Å². The van der Waals surface area contributed by atoms with Crippen molar-refractivity contribution in [2.45, 2.75) is 69.3 Å². The number of ketones is 2. The van der Waals surface area contributed by atoms with E-state index in [1.807, 2.05) is 11.8 Å². The normalized spacial score (nSPS) is 18.6. The predicted molar refractivity (Wildman–Crippen MR) is 131 cm³/mol. The molecule has 0 bridgehead atoms. The Morgan fingerprint density at radius 1 is 0.903 bits per heavy atom. The maximum absolute atomic E-state index is 12.4. The zero-order valence-electron chi connectivity index (χ0n) is 19.3. The molecule has 0 N–H and O–H groups in total. The van der Waals surface area contributed by atoms with Crippen LogP contribution in [0.5, 0.6) is 0 Å². The van der Waals surface area contributed by atoms with Crippen LogP contribution in [-0.4, -0.2) is 95.2 Å². The smallest absolute Gasteiger partial charge is 0.146 e. The molecule has 8 heteroatoms. The first kappa shape index (κ1) is 28.3. The molecule has 0 radical (unpaired) electrons. The van der Waals surface area contributed by atoms with Gasteiger partial charge in [0, 0.05) is 30.0 Å². The molecule has 0 aromatic heterocycles. The molecule has 0 aliphatic heterocycles. The van der Waals surface area contributed by atoms with Gasteiger partial charge in [0.25, 0.3) is 0 Å². The van der Waals surface area contributed by atoms with Crippen LogP contribution >= 0.6 is 23.5 Å². The SMILES string of the molecule is CCCCSC1CCC(SCCCC(=O)CN(CC=O)CCN(CC=O)CC(C)=O)C1. The summed E-state index contributed by atoms with van der Waals surface area (Å²) >= 11 is 4.15. The molecular formula is C23H40N2O4S2. The van der Waals surface area contributed by atoms with Crippen LogP contribution in [0.2, 0.25) is 0 Å². The number of carbonyl (C=O) groups excluding carboxylic acids is 4. The minimum atomic E-state index is -0.00880. The minimum Gasteiger partial charge on any atom is -0.302 e. The molecule has 1 aliphatic rings. The van der Waals surface area contributed by atoms with Crippen LogP contribution in [0.1, 0.15) is 58.8 Å². The number of aldehydes is 2. The van der Waals surface area contributed by atoms with Gasteiger partial charge in [-0.2, -0.15) is 23.5 Å². The molecule has 0 aromatic rings. The summed E-state index contributed by atoms with van der Waals surface area (Å²) in [4.78, 5) is 49.0. The highest BCUT2D eigenvalue weighted by molar-refractivity contribution is 8.00. The Bertz CT molecular complexity index is 548. The highest BCUT2D eigenvalue weighted by Crippen LogP contribution is 2.37. The molecule has 0 amide bonds. The average Bonchev–Trinajstić information content (AvgIpc) is 3.17. The summed E-state index contributed by atoms with van der Waals surface area (Å²) in [5, 5.41) is 1.57. The number of rotatable bonds is 20. The lowest BCUT2D eigenvalue weighted by Gasteiger charge is -2.24. The van der Waals surface area contributed by atoms with Crippen LogP contribution in [0, 0.1) is 0 Å². The van der Waals surface area contributed by atoms with Crippen LogP contribution in [0.15, 0.2) is 0 Å². The number of hydrogen-bond donors (Lipinski definition) is 0. The summed E-state index contributed by atoms with van der Waals surface area (Å²) in [6.07, 6.45) is 9.50. The number of thioether (sulfide) groups is 2. The molecule has 31 heavy (non-hydrogen) atoms. The summed E-state index contributed by atoms with van der Waals surface area (Å²) in [5.41, 5.74) is 0. The van der Waals surface area contributed by atoms with E-state index in [1.54, 1.807) is 9.80 Å². The quantitative estimate of drug-likeness (QED) is 0.198. The van der Waals surface area contributed by atoms with Gasteiger partial charge in [0.05, 0.1) is 26.2 Å². The summed E-state index contributed by atoms with van der Waals surface area (Å²) in [6.45, 7) is 5.52. The van der Waals surface area contributed by atoms with Crippen molar-refractivity contribution in [1.82, 2.24) is 9.80 Å². The van der Waals surface area contributed by atoms with Crippen molar-refractivity contribution in [2.75, 3.05) is 50.8 Å². The van der Waals surface area contributed by atoms with Crippen LogP contribution in [0.4, 0.5) is 0 Å². The average molecular weight is 473 g/mol. The van der Waals surface area contributed by atoms with Gasteiger partial charge < -0.3 is 9.59 Å². The van der Waals surface area contributed by atoms with Gasteiger partial charge in [-0.05, 0) is 50.5 Å². The van der Waals surface area contributed by atoms with Crippen LogP contribution < -0.4 is 0 Å². The van der Waals surface area contributed by atoms with Gasteiger partial charge in [-0.25, -0.2) is 0 Å². The molecule has 0 aromatic carbocycles. The van der Waals surface area contributed by atoms with Crippen molar-refractivity contribution in [3.8, 4) is 0 Å². The van der Waals surface area contributed by atoms with Gasteiger partial charge in [0.2, 0.25) is 0 Å². The first-order valence-electron chi connectivity index (χ1n) is 11.5. The largest absolute Gasteiger partial charge is 0.302 e. The maximum Gasteiger partial charge on any atom is 0.146 e. The second-order valence-electron chi connectivity index (χ2n) is 8.30. The molecule has 1 rings (SSSR count). The van der Waals surface area contributed by atoms with E-state index in [2.05, 4.69) is 18.7 Å². The first-order chi connectivity index (χ1) is 15.0. The highest BCUT2D eigenvalue weighted by Gasteiger charge is 2.24. The Labute approximate surface area is 196 Å². The van der Waals surface area contributed by atoms with E-state index in [0.717, 1.165) is 35.2 Å². The molecule has 6 nitrogen and oxygen atoms in total. The lowest BCUT2D eigenvalue weighted by atomic mass is 10.2. The molecule has 0 spiro atoms. The fourth-order valence-electron chi connectivity index (χ4n) is 3.72. The second kappa shape index (κ2) is 17.8. The third-order valence-corrected chi connectivity index (χ3v) is 8.23. The van der Waals surface area contributed by atoms with E-state index < -0.39 is 0 Å². The van der Waals surface area contributed by atoms with Crippen molar-refractivity contribution >= 4 is 47.7 Å². The first-order valence-corrected chi connectivity index (χ1v) is 13.6. The fraction of sp³-hybridized carbons (Fsp3) is 0.826. The van der Waals surface area contributed by atoms with Gasteiger partial charge >= 0.3 is 0 Å².